The Hall–Kier alpha value is -1.74. The first-order valence-corrected chi connectivity index (χ1v) is 6.95. The van der Waals surface area contributed by atoms with E-state index in [-0.39, 0.29) is 6.04 Å². The molecule has 2 aromatic rings. The Kier molecular flexibility index (Phi) is 3.79. The number of hydrogen-bond donors (Lipinski definition) is 1. The molecule has 104 valence electrons. The maximum absolute atomic E-state index is 13.2. The molecule has 0 aliphatic heterocycles. The first-order chi connectivity index (χ1) is 9.72. The standard InChI is InChI=1S/C17H17F2N/c18-15-8-12(9-16(19)10-15)11-20-17(14-6-7-14)13-4-2-1-3-5-13/h1-5,8-10,14,17,20H,6-7,11H2. The molecule has 0 saturated heterocycles. The van der Waals surface area contributed by atoms with Crippen molar-refractivity contribution in [1.82, 2.24) is 5.32 Å². The average Bonchev–Trinajstić information content (AvgIpc) is 3.24. The summed E-state index contributed by atoms with van der Waals surface area (Å²) >= 11 is 0. The van der Waals surface area contributed by atoms with Crippen LogP contribution in [-0.4, -0.2) is 0 Å². The summed E-state index contributed by atoms with van der Waals surface area (Å²) in [5.74, 6) is -0.412. The van der Waals surface area contributed by atoms with Crippen molar-refractivity contribution in [2.75, 3.05) is 0 Å². The molecule has 3 heteroatoms. The fourth-order valence-corrected chi connectivity index (χ4v) is 2.59. The summed E-state index contributed by atoms with van der Waals surface area (Å²) in [6.45, 7) is 0.477. The third-order valence-corrected chi connectivity index (χ3v) is 3.70. The molecule has 3 rings (SSSR count). The Morgan fingerprint density at radius 3 is 2.25 bits per heavy atom. The van der Waals surface area contributed by atoms with E-state index in [0.717, 1.165) is 6.07 Å². The van der Waals surface area contributed by atoms with E-state index >= 15 is 0 Å². The molecule has 1 N–H and O–H groups in total. The fraction of sp³-hybridized carbons (Fsp3) is 0.294. The topological polar surface area (TPSA) is 12.0 Å². The summed E-state index contributed by atoms with van der Waals surface area (Å²) in [5, 5.41) is 3.44. The van der Waals surface area contributed by atoms with Crippen LogP contribution in [0, 0.1) is 17.6 Å². The highest BCUT2D eigenvalue weighted by Gasteiger charge is 2.31. The first kappa shape index (κ1) is 13.3. The summed E-state index contributed by atoms with van der Waals surface area (Å²) in [7, 11) is 0. The number of nitrogens with one attached hydrogen (secondary N) is 1. The van der Waals surface area contributed by atoms with Gasteiger partial charge in [-0.05, 0) is 42.0 Å². The summed E-state index contributed by atoms with van der Waals surface area (Å²) in [5.41, 5.74) is 1.89. The van der Waals surface area contributed by atoms with Crippen molar-refractivity contribution in [2.45, 2.75) is 25.4 Å². The lowest BCUT2D eigenvalue weighted by Gasteiger charge is -2.19. The molecule has 1 fully saturated rings. The lowest BCUT2D eigenvalue weighted by Crippen LogP contribution is -2.22. The van der Waals surface area contributed by atoms with Crippen molar-refractivity contribution >= 4 is 0 Å². The van der Waals surface area contributed by atoms with Crippen molar-refractivity contribution < 1.29 is 8.78 Å². The largest absolute Gasteiger partial charge is 0.306 e. The maximum Gasteiger partial charge on any atom is 0.126 e. The van der Waals surface area contributed by atoms with Crippen molar-refractivity contribution in [3.05, 3.63) is 71.3 Å². The van der Waals surface area contributed by atoms with Gasteiger partial charge >= 0.3 is 0 Å². The molecule has 0 heterocycles. The Morgan fingerprint density at radius 2 is 1.65 bits per heavy atom. The van der Waals surface area contributed by atoms with Crippen molar-refractivity contribution in [1.29, 1.82) is 0 Å². The number of rotatable bonds is 5. The van der Waals surface area contributed by atoms with Crippen LogP contribution in [-0.2, 0) is 6.54 Å². The van der Waals surface area contributed by atoms with Crippen LogP contribution in [0.5, 0.6) is 0 Å². The fourth-order valence-electron chi connectivity index (χ4n) is 2.59. The molecule has 1 aliphatic carbocycles. The molecule has 0 amide bonds. The second-order valence-corrected chi connectivity index (χ2v) is 5.38. The third kappa shape index (κ3) is 3.23. The highest BCUT2D eigenvalue weighted by molar-refractivity contribution is 5.22. The molecule has 0 spiro atoms. The lowest BCUT2D eigenvalue weighted by molar-refractivity contribution is 0.477. The van der Waals surface area contributed by atoms with Gasteiger partial charge in [0.05, 0.1) is 0 Å². The number of hydrogen-bond acceptors (Lipinski definition) is 1. The predicted octanol–water partition coefficient (Wildman–Crippen LogP) is 4.21. The molecule has 1 nitrogen and oxygen atoms in total. The van der Waals surface area contributed by atoms with E-state index in [9.17, 15) is 8.78 Å². The number of benzene rings is 2. The van der Waals surface area contributed by atoms with E-state index < -0.39 is 11.6 Å². The van der Waals surface area contributed by atoms with Gasteiger partial charge in [-0.25, -0.2) is 8.78 Å². The second kappa shape index (κ2) is 5.71. The Balaban J connectivity index is 1.71. The normalized spacial score (nSPS) is 16.1. The zero-order valence-electron chi connectivity index (χ0n) is 11.2. The quantitative estimate of drug-likeness (QED) is 0.860. The van der Waals surface area contributed by atoms with Crippen LogP contribution in [0.1, 0.15) is 30.0 Å². The van der Waals surface area contributed by atoms with E-state index in [4.69, 9.17) is 0 Å². The van der Waals surface area contributed by atoms with Gasteiger partial charge in [0.1, 0.15) is 11.6 Å². The van der Waals surface area contributed by atoms with Crippen molar-refractivity contribution in [3.63, 3.8) is 0 Å². The molecule has 1 unspecified atom stereocenters. The van der Waals surface area contributed by atoms with Gasteiger partial charge in [-0.1, -0.05) is 30.3 Å². The smallest absolute Gasteiger partial charge is 0.126 e. The van der Waals surface area contributed by atoms with E-state index in [1.807, 2.05) is 18.2 Å². The van der Waals surface area contributed by atoms with Crippen LogP contribution < -0.4 is 5.32 Å². The van der Waals surface area contributed by atoms with Crippen LogP contribution in [0.3, 0.4) is 0 Å². The first-order valence-electron chi connectivity index (χ1n) is 6.95. The summed E-state index contributed by atoms with van der Waals surface area (Å²) in [4.78, 5) is 0. The Labute approximate surface area is 117 Å². The number of halogens is 2. The molecule has 20 heavy (non-hydrogen) atoms. The van der Waals surface area contributed by atoms with Crippen LogP contribution in [0.2, 0.25) is 0 Å². The summed E-state index contributed by atoms with van der Waals surface area (Å²) in [6.07, 6.45) is 2.42. The SMILES string of the molecule is Fc1cc(F)cc(CNC(c2ccccc2)C2CC2)c1. The highest BCUT2D eigenvalue weighted by Crippen LogP contribution is 2.41. The van der Waals surface area contributed by atoms with Gasteiger partial charge in [0.15, 0.2) is 0 Å². The summed E-state index contributed by atoms with van der Waals surface area (Å²) < 4.78 is 26.4. The molecule has 1 aliphatic rings. The summed E-state index contributed by atoms with van der Waals surface area (Å²) in [6, 6.07) is 14.2. The molecular weight excluding hydrogens is 256 g/mol. The monoisotopic (exact) mass is 273 g/mol. The zero-order valence-corrected chi connectivity index (χ0v) is 11.2. The molecule has 0 aromatic heterocycles. The minimum absolute atomic E-state index is 0.266. The van der Waals surface area contributed by atoms with Gasteiger partial charge in [0.25, 0.3) is 0 Å². The van der Waals surface area contributed by atoms with E-state index in [1.54, 1.807) is 0 Å². The van der Waals surface area contributed by atoms with E-state index in [0.29, 0.717) is 18.0 Å². The minimum Gasteiger partial charge on any atom is -0.306 e. The molecule has 1 saturated carbocycles. The van der Waals surface area contributed by atoms with E-state index in [2.05, 4.69) is 17.4 Å². The minimum atomic E-state index is -0.524. The molecule has 1 atom stereocenters. The zero-order chi connectivity index (χ0) is 13.9. The van der Waals surface area contributed by atoms with Crippen LogP contribution in [0.4, 0.5) is 8.78 Å². The van der Waals surface area contributed by atoms with Crippen molar-refractivity contribution in [2.24, 2.45) is 5.92 Å². The van der Waals surface area contributed by atoms with Crippen LogP contribution in [0.15, 0.2) is 48.5 Å². The Morgan fingerprint density at radius 1 is 1.00 bits per heavy atom. The van der Waals surface area contributed by atoms with Crippen LogP contribution >= 0.6 is 0 Å². The molecule has 0 radical (unpaired) electrons. The third-order valence-electron chi connectivity index (χ3n) is 3.70. The Bertz CT molecular complexity index is 559. The van der Waals surface area contributed by atoms with E-state index in [1.165, 1.54) is 30.5 Å². The van der Waals surface area contributed by atoms with Gasteiger partial charge in [-0.2, -0.15) is 0 Å². The average molecular weight is 273 g/mol. The van der Waals surface area contributed by atoms with Crippen LogP contribution in [0.25, 0.3) is 0 Å². The highest BCUT2D eigenvalue weighted by atomic mass is 19.1. The van der Waals surface area contributed by atoms with Gasteiger partial charge in [0, 0.05) is 18.7 Å². The molecular formula is C17H17F2N. The second-order valence-electron chi connectivity index (χ2n) is 5.38. The molecule has 2 aromatic carbocycles. The lowest BCUT2D eigenvalue weighted by atomic mass is 10.0. The van der Waals surface area contributed by atoms with Gasteiger partial charge in [0.2, 0.25) is 0 Å². The van der Waals surface area contributed by atoms with Crippen molar-refractivity contribution in [3.8, 4) is 0 Å². The predicted molar refractivity (Wildman–Crippen MR) is 75.1 cm³/mol. The van der Waals surface area contributed by atoms with Gasteiger partial charge < -0.3 is 5.32 Å². The molecule has 0 bridgehead atoms. The van der Waals surface area contributed by atoms with Gasteiger partial charge in [-0.3, -0.25) is 0 Å². The maximum atomic E-state index is 13.2. The van der Waals surface area contributed by atoms with Gasteiger partial charge in [-0.15, -0.1) is 0 Å².